The van der Waals surface area contributed by atoms with Crippen LogP contribution in [0.3, 0.4) is 0 Å². The summed E-state index contributed by atoms with van der Waals surface area (Å²) in [5.74, 6) is 13.2. The molecule has 0 radical (unpaired) electrons. The van der Waals surface area contributed by atoms with Crippen molar-refractivity contribution >= 4 is 5.97 Å². The Hall–Kier alpha value is -1.25. The molecule has 9 aliphatic rings. The van der Waals surface area contributed by atoms with E-state index in [1.165, 1.54) is 77.0 Å². The van der Waals surface area contributed by atoms with Crippen LogP contribution in [0, 0.1) is 94.2 Å². The van der Waals surface area contributed by atoms with Crippen LogP contribution in [0.15, 0.2) is 0 Å². The minimum Gasteiger partial charge on any atom is -0.465 e. The molecule has 4 bridgehead atoms. The fraction of sp³-hybridized carbons (Fsp3) is 0.940. The zero-order valence-electron chi connectivity index (χ0n) is 37.1. The van der Waals surface area contributed by atoms with Crippen LogP contribution < -0.4 is 11.1 Å². The van der Waals surface area contributed by atoms with Gasteiger partial charge in [-0.15, -0.1) is 0 Å². The summed E-state index contributed by atoms with van der Waals surface area (Å²) >= 11 is 0. The summed E-state index contributed by atoms with van der Waals surface area (Å²) in [7, 11) is 3.62. The number of hydrogen-bond acceptors (Lipinski definition) is 8. The van der Waals surface area contributed by atoms with Gasteiger partial charge in [-0.3, -0.25) is 10.5 Å². The Morgan fingerprint density at radius 2 is 1.61 bits per heavy atom. The van der Waals surface area contributed by atoms with Gasteiger partial charge in [0.2, 0.25) is 0 Å². The summed E-state index contributed by atoms with van der Waals surface area (Å²) in [5, 5.41) is 25.3. The van der Waals surface area contributed by atoms with E-state index in [0.717, 1.165) is 50.9 Å². The zero-order valence-corrected chi connectivity index (χ0v) is 37.1. The molecule has 6 aliphatic carbocycles. The van der Waals surface area contributed by atoms with Crippen LogP contribution in [-0.4, -0.2) is 85.8 Å². The Kier molecular flexibility index (Phi) is 13.2. The lowest BCUT2D eigenvalue weighted by Gasteiger charge is -2.61. The molecule has 1 spiro atoms. The third-order valence-corrected chi connectivity index (χ3v) is 19.5. The number of rotatable bonds is 8. The summed E-state index contributed by atoms with van der Waals surface area (Å²) in [5.41, 5.74) is 7.16. The van der Waals surface area contributed by atoms with Gasteiger partial charge in [0, 0.05) is 45.3 Å². The van der Waals surface area contributed by atoms with Crippen molar-refractivity contribution in [3.8, 4) is 11.8 Å². The summed E-state index contributed by atoms with van der Waals surface area (Å²) in [6.45, 7) is 4.27. The van der Waals surface area contributed by atoms with Crippen molar-refractivity contribution in [1.82, 2.24) is 0 Å². The molecule has 9 nitrogen and oxygen atoms in total. The van der Waals surface area contributed by atoms with Crippen molar-refractivity contribution in [2.75, 3.05) is 20.8 Å². The Morgan fingerprint density at radius 3 is 2.37 bits per heavy atom. The lowest BCUT2D eigenvalue weighted by molar-refractivity contribution is -0.733. The van der Waals surface area contributed by atoms with Crippen LogP contribution in [0.2, 0.25) is 0 Å². The van der Waals surface area contributed by atoms with Crippen LogP contribution in [-0.2, 0) is 23.7 Å². The van der Waals surface area contributed by atoms with Gasteiger partial charge in [0.1, 0.15) is 6.17 Å². The summed E-state index contributed by atoms with van der Waals surface area (Å²) < 4.78 is 26.2. The first kappa shape index (κ1) is 43.0. The molecular weight excluding hydrogens is 741 g/mol. The predicted molar refractivity (Wildman–Crippen MR) is 226 cm³/mol. The second-order valence-electron chi connectivity index (χ2n) is 22.1. The van der Waals surface area contributed by atoms with Gasteiger partial charge < -0.3 is 34.5 Å². The number of methoxy groups -OCH3 is 2. The van der Waals surface area contributed by atoms with Gasteiger partial charge in [0.15, 0.2) is 6.04 Å². The smallest absolute Gasteiger partial charge is 0.302 e. The molecular formula is C50H81N2O7+. The Morgan fingerprint density at radius 1 is 0.831 bits per heavy atom. The van der Waals surface area contributed by atoms with Crippen LogP contribution in [0.5, 0.6) is 0 Å². The van der Waals surface area contributed by atoms with Crippen molar-refractivity contribution in [2.24, 2.45) is 88.1 Å². The van der Waals surface area contributed by atoms with Gasteiger partial charge in [0.05, 0.1) is 43.2 Å². The number of fused-ring (bicyclic) bond motifs is 7. The standard InChI is InChI=1S/C50H80N2O7/c1-5-30-21-39-35(15-14-29-10-7-6-8-11-29)32-18-19-50(25-32)26-33-20-34(54)23-44(57-4)45(33)37-17-16-36-40(27-58-28(2)53)47(59-48(36)46(37)50)38-24-43(56-3)42(55)22-31(38)12-9-13-41(39)52-49(30)51/h29-49,52,54-55H,5-8,10-12,14-27,51H2,1-4H3/p+1/t30?,31?,32-,33?,34?,35-,36?,37?,38?,39?,40+,41?,42?,43?,44?,45?,46?,47+,48?,49?,50-/m1/s1. The Bertz CT molecular complexity index is 1510. The number of nitrogens with two attached hydrogens (primary N) is 2. The molecule has 3 aliphatic heterocycles. The van der Waals surface area contributed by atoms with Crippen LogP contribution in [0.4, 0.5) is 0 Å². The first-order valence-corrected chi connectivity index (χ1v) is 24.9. The largest absolute Gasteiger partial charge is 0.465 e. The van der Waals surface area contributed by atoms with E-state index in [1.807, 2.05) is 7.11 Å². The highest BCUT2D eigenvalue weighted by Gasteiger charge is 2.66. The van der Waals surface area contributed by atoms with Crippen molar-refractivity contribution in [3.05, 3.63) is 0 Å². The van der Waals surface area contributed by atoms with E-state index in [1.54, 1.807) is 14.0 Å². The fourth-order valence-electron chi connectivity index (χ4n) is 17.0. The highest BCUT2D eigenvalue weighted by molar-refractivity contribution is 5.65. The summed E-state index contributed by atoms with van der Waals surface area (Å²) in [6, 6.07) is 0.187. The molecule has 59 heavy (non-hydrogen) atoms. The molecule has 0 aromatic carbocycles. The predicted octanol–water partition coefficient (Wildman–Crippen LogP) is 6.22. The lowest BCUT2D eigenvalue weighted by atomic mass is 9.45. The van der Waals surface area contributed by atoms with Crippen molar-refractivity contribution in [3.63, 3.8) is 0 Å². The third-order valence-electron chi connectivity index (χ3n) is 19.5. The van der Waals surface area contributed by atoms with E-state index in [-0.39, 0.29) is 71.9 Å². The maximum Gasteiger partial charge on any atom is 0.302 e. The first-order valence-electron chi connectivity index (χ1n) is 24.9. The minimum atomic E-state index is -0.538. The van der Waals surface area contributed by atoms with Gasteiger partial charge in [-0.25, -0.2) is 0 Å². The molecule has 8 fully saturated rings. The monoisotopic (exact) mass is 822 g/mol. The Balaban J connectivity index is 1.16. The first-order chi connectivity index (χ1) is 28.6. The van der Waals surface area contributed by atoms with Crippen molar-refractivity contribution in [1.29, 1.82) is 0 Å². The second kappa shape index (κ2) is 18.1. The molecule has 332 valence electrons. The number of aliphatic hydroxyl groups is 2. The van der Waals surface area contributed by atoms with Crippen LogP contribution in [0.1, 0.15) is 142 Å². The summed E-state index contributed by atoms with van der Waals surface area (Å²) in [6.07, 6.45) is 21.9. The molecule has 6 N–H and O–H groups in total. The number of carbonyl (C=O) groups is 1. The normalized spacial score (nSPS) is 50.8. The van der Waals surface area contributed by atoms with Gasteiger partial charge in [-0.05, 0) is 154 Å². The molecule has 0 aromatic heterocycles. The molecule has 21 atom stereocenters. The van der Waals surface area contributed by atoms with E-state index in [0.29, 0.717) is 66.3 Å². The number of hydrogen-bond donors (Lipinski definition) is 4. The third kappa shape index (κ3) is 8.23. The van der Waals surface area contributed by atoms with Crippen molar-refractivity contribution < 1.29 is 39.3 Å². The van der Waals surface area contributed by atoms with E-state index in [9.17, 15) is 15.0 Å². The summed E-state index contributed by atoms with van der Waals surface area (Å²) in [4.78, 5) is 12.5. The fourth-order valence-corrected chi connectivity index (χ4v) is 17.0. The number of carbonyl (C=O) groups excluding carboxylic acids is 1. The van der Waals surface area contributed by atoms with Crippen molar-refractivity contribution in [2.45, 2.75) is 191 Å². The number of aliphatic hydroxyl groups excluding tert-OH is 2. The number of quaternary nitrogens is 1. The van der Waals surface area contributed by atoms with E-state index < -0.39 is 6.10 Å². The van der Waals surface area contributed by atoms with Crippen LogP contribution in [0.25, 0.3) is 0 Å². The molecule has 6 saturated carbocycles. The average molecular weight is 822 g/mol. The molecule has 2 saturated heterocycles. The van der Waals surface area contributed by atoms with E-state index >= 15 is 0 Å². The molecule has 9 rings (SSSR count). The highest BCUT2D eigenvalue weighted by atomic mass is 16.5. The van der Waals surface area contributed by atoms with E-state index in [4.69, 9.17) is 24.7 Å². The number of ether oxygens (including phenoxy) is 4. The molecule has 3 heterocycles. The Labute approximate surface area is 356 Å². The maximum atomic E-state index is 12.5. The number of esters is 1. The second-order valence-corrected chi connectivity index (χ2v) is 22.1. The van der Waals surface area contributed by atoms with Gasteiger partial charge in [-0.1, -0.05) is 51.4 Å². The quantitative estimate of drug-likeness (QED) is 0.168. The average Bonchev–Trinajstić information content (AvgIpc) is 3.81. The zero-order chi connectivity index (χ0) is 41.0. The van der Waals surface area contributed by atoms with Gasteiger partial charge >= 0.3 is 5.97 Å². The van der Waals surface area contributed by atoms with E-state index in [2.05, 4.69) is 24.1 Å². The molecule has 0 aromatic rings. The SMILES string of the molecule is CCC1CC2C(C#CCC3CC(O)C(OC)CC3[C@@H]3OC4C(CCC5C6C(CC(O)CC6OC)C[C@]6(CC[C@H](C6)[C@H]2CCC2CCCCC2)C54)[C@@H]3COC(C)=O)[NH2+]C1N. The lowest BCUT2D eigenvalue weighted by Crippen LogP contribution is -3.01. The minimum absolute atomic E-state index is 0.0751. The molecule has 16 unspecified atom stereocenters. The van der Waals surface area contributed by atoms with Gasteiger partial charge in [-0.2, -0.15) is 0 Å². The van der Waals surface area contributed by atoms with Gasteiger partial charge in [0.25, 0.3) is 0 Å². The molecule has 9 heteroatoms. The topological polar surface area (TPSA) is 137 Å². The number of piperidine rings is 1. The highest BCUT2D eigenvalue weighted by Crippen LogP contribution is 2.69. The maximum absolute atomic E-state index is 12.5. The molecule has 0 amide bonds. The van der Waals surface area contributed by atoms with Crippen LogP contribution >= 0.6 is 0 Å².